The number of aliphatic hydroxyl groups excluding tert-OH is 1. The number of aliphatic hydroxyl groups is 1. The SMILES string of the molecule is CCOc1ccc(C(O)CN(C)CCCOC)cc1. The summed E-state index contributed by atoms with van der Waals surface area (Å²) in [6.45, 7) is 4.91. The van der Waals surface area contributed by atoms with Gasteiger partial charge in [0.1, 0.15) is 5.75 Å². The Morgan fingerprint density at radius 3 is 2.53 bits per heavy atom. The van der Waals surface area contributed by atoms with Crippen molar-refractivity contribution in [2.24, 2.45) is 0 Å². The maximum Gasteiger partial charge on any atom is 0.119 e. The lowest BCUT2D eigenvalue weighted by atomic mass is 10.1. The molecule has 0 aromatic heterocycles. The summed E-state index contributed by atoms with van der Waals surface area (Å²) in [5.74, 6) is 0.840. The van der Waals surface area contributed by atoms with E-state index < -0.39 is 6.10 Å². The van der Waals surface area contributed by atoms with Crippen LogP contribution in [0, 0.1) is 0 Å². The van der Waals surface area contributed by atoms with Crippen LogP contribution >= 0.6 is 0 Å². The molecule has 4 heteroatoms. The highest BCUT2D eigenvalue weighted by molar-refractivity contribution is 5.28. The molecule has 1 N–H and O–H groups in total. The van der Waals surface area contributed by atoms with Crippen LogP contribution in [0.3, 0.4) is 0 Å². The first kappa shape index (κ1) is 16.0. The summed E-state index contributed by atoms with van der Waals surface area (Å²) in [4.78, 5) is 2.11. The fourth-order valence-electron chi connectivity index (χ4n) is 1.92. The summed E-state index contributed by atoms with van der Waals surface area (Å²) in [5, 5.41) is 10.2. The molecular weight excluding hydrogens is 242 g/mol. The Bertz CT molecular complexity index is 340. The number of nitrogens with zero attached hydrogens (tertiary/aromatic N) is 1. The summed E-state index contributed by atoms with van der Waals surface area (Å²) in [6.07, 6.45) is 0.506. The van der Waals surface area contributed by atoms with Crippen molar-refractivity contribution in [2.75, 3.05) is 40.5 Å². The lowest BCUT2D eigenvalue weighted by molar-refractivity contribution is 0.117. The third-order valence-corrected chi connectivity index (χ3v) is 2.95. The van der Waals surface area contributed by atoms with Crippen molar-refractivity contribution in [1.82, 2.24) is 4.90 Å². The van der Waals surface area contributed by atoms with Crippen molar-refractivity contribution in [3.63, 3.8) is 0 Å². The van der Waals surface area contributed by atoms with Crippen LogP contribution in [0.15, 0.2) is 24.3 Å². The summed E-state index contributed by atoms with van der Waals surface area (Å²) >= 11 is 0. The van der Waals surface area contributed by atoms with Crippen LogP contribution in [-0.2, 0) is 4.74 Å². The lowest BCUT2D eigenvalue weighted by Gasteiger charge is -2.20. The largest absolute Gasteiger partial charge is 0.494 e. The molecule has 108 valence electrons. The maximum absolute atomic E-state index is 10.2. The van der Waals surface area contributed by atoms with Crippen molar-refractivity contribution in [3.8, 4) is 5.75 Å². The zero-order valence-electron chi connectivity index (χ0n) is 12.1. The molecule has 0 aliphatic heterocycles. The number of ether oxygens (including phenoxy) is 2. The molecule has 0 radical (unpaired) electrons. The van der Waals surface area contributed by atoms with Gasteiger partial charge in [0.05, 0.1) is 12.7 Å². The van der Waals surface area contributed by atoms with E-state index in [0.29, 0.717) is 13.2 Å². The Morgan fingerprint density at radius 2 is 1.95 bits per heavy atom. The molecule has 4 nitrogen and oxygen atoms in total. The first-order valence-corrected chi connectivity index (χ1v) is 6.75. The predicted molar refractivity (Wildman–Crippen MR) is 76.6 cm³/mol. The summed E-state index contributed by atoms with van der Waals surface area (Å²) in [6, 6.07) is 7.62. The number of rotatable bonds is 9. The fraction of sp³-hybridized carbons (Fsp3) is 0.600. The van der Waals surface area contributed by atoms with Gasteiger partial charge in [-0.15, -0.1) is 0 Å². The molecule has 0 bridgehead atoms. The number of benzene rings is 1. The predicted octanol–water partition coefficient (Wildman–Crippen LogP) is 2.09. The van der Waals surface area contributed by atoms with Gasteiger partial charge < -0.3 is 19.5 Å². The summed E-state index contributed by atoms with van der Waals surface area (Å²) in [5.41, 5.74) is 0.919. The van der Waals surface area contributed by atoms with Crippen LogP contribution in [-0.4, -0.2) is 50.5 Å². The zero-order chi connectivity index (χ0) is 14.1. The topological polar surface area (TPSA) is 41.9 Å². The third-order valence-electron chi connectivity index (χ3n) is 2.95. The summed E-state index contributed by atoms with van der Waals surface area (Å²) < 4.78 is 10.4. The van der Waals surface area contributed by atoms with E-state index in [4.69, 9.17) is 9.47 Å². The second kappa shape index (κ2) is 8.91. The van der Waals surface area contributed by atoms with Gasteiger partial charge in [0, 0.05) is 26.8 Å². The van der Waals surface area contributed by atoms with Gasteiger partial charge >= 0.3 is 0 Å². The molecule has 1 aromatic carbocycles. The fourth-order valence-corrected chi connectivity index (χ4v) is 1.92. The molecule has 0 amide bonds. The van der Waals surface area contributed by atoms with Crippen LogP contribution in [0.1, 0.15) is 25.0 Å². The quantitative estimate of drug-likeness (QED) is 0.696. The van der Waals surface area contributed by atoms with Gasteiger partial charge in [-0.25, -0.2) is 0 Å². The molecule has 0 fully saturated rings. The molecular formula is C15H25NO3. The van der Waals surface area contributed by atoms with E-state index in [1.54, 1.807) is 7.11 Å². The highest BCUT2D eigenvalue weighted by Crippen LogP contribution is 2.18. The van der Waals surface area contributed by atoms with Crippen molar-refractivity contribution in [3.05, 3.63) is 29.8 Å². The van der Waals surface area contributed by atoms with E-state index in [1.807, 2.05) is 38.2 Å². The smallest absolute Gasteiger partial charge is 0.119 e. The monoisotopic (exact) mass is 267 g/mol. The van der Waals surface area contributed by atoms with Gasteiger partial charge in [0.2, 0.25) is 0 Å². The Balaban J connectivity index is 2.41. The standard InChI is InChI=1S/C15H25NO3/c1-4-19-14-8-6-13(7-9-14)15(17)12-16(2)10-5-11-18-3/h6-9,15,17H,4-5,10-12H2,1-3H3. The molecule has 1 rings (SSSR count). The molecule has 19 heavy (non-hydrogen) atoms. The summed E-state index contributed by atoms with van der Waals surface area (Å²) in [7, 11) is 3.71. The molecule has 0 aliphatic rings. The number of likely N-dealkylation sites (N-methyl/N-ethyl adjacent to an activating group) is 1. The van der Waals surface area contributed by atoms with Crippen LogP contribution in [0.4, 0.5) is 0 Å². The van der Waals surface area contributed by atoms with Crippen molar-refractivity contribution >= 4 is 0 Å². The van der Waals surface area contributed by atoms with E-state index in [-0.39, 0.29) is 0 Å². The highest BCUT2D eigenvalue weighted by Gasteiger charge is 2.10. The van der Waals surface area contributed by atoms with E-state index in [2.05, 4.69) is 4.90 Å². The molecule has 0 spiro atoms. The Kier molecular flexibility index (Phi) is 7.48. The molecule has 1 aromatic rings. The van der Waals surface area contributed by atoms with Gasteiger partial charge in [-0.3, -0.25) is 0 Å². The zero-order valence-corrected chi connectivity index (χ0v) is 12.1. The van der Waals surface area contributed by atoms with Crippen LogP contribution in [0.25, 0.3) is 0 Å². The van der Waals surface area contributed by atoms with Gasteiger partial charge in [0.25, 0.3) is 0 Å². The van der Waals surface area contributed by atoms with Crippen LogP contribution in [0.5, 0.6) is 5.75 Å². The first-order valence-electron chi connectivity index (χ1n) is 6.75. The van der Waals surface area contributed by atoms with Gasteiger partial charge in [-0.1, -0.05) is 12.1 Å². The molecule has 0 saturated carbocycles. The average molecular weight is 267 g/mol. The van der Waals surface area contributed by atoms with E-state index in [1.165, 1.54) is 0 Å². The van der Waals surface area contributed by atoms with Crippen LogP contribution in [0.2, 0.25) is 0 Å². The minimum atomic E-state index is -0.469. The van der Waals surface area contributed by atoms with E-state index in [9.17, 15) is 5.11 Å². The molecule has 0 saturated heterocycles. The number of hydrogen-bond acceptors (Lipinski definition) is 4. The first-order chi connectivity index (χ1) is 9.17. The molecule has 1 atom stereocenters. The molecule has 0 aliphatic carbocycles. The number of hydrogen-bond donors (Lipinski definition) is 1. The van der Waals surface area contributed by atoms with Gasteiger partial charge in [-0.2, -0.15) is 0 Å². The maximum atomic E-state index is 10.2. The van der Waals surface area contributed by atoms with E-state index >= 15 is 0 Å². The van der Waals surface area contributed by atoms with Crippen LogP contribution < -0.4 is 4.74 Å². The van der Waals surface area contributed by atoms with Gasteiger partial charge in [0.15, 0.2) is 0 Å². The van der Waals surface area contributed by atoms with Crippen molar-refractivity contribution in [1.29, 1.82) is 0 Å². The second-order valence-electron chi connectivity index (χ2n) is 4.63. The van der Waals surface area contributed by atoms with Crippen molar-refractivity contribution in [2.45, 2.75) is 19.4 Å². The highest BCUT2D eigenvalue weighted by atomic mass is 16.5. The molecule has 1 unspecified atom stereocenters. The second-order valence-corrected chi connectivity index (χ2v) is 4.63. The van der Waals surface area contributed by atoms with Crippen molar-refractivity contribution < 1.29 is 14.6 Å². The Morgan fingerprint density at radius 1 is 1.26 bits per heavy atom. The Hall–Kier alpha value is -1.10. The third kappa shape index (κ3) is 6.05. The minimum Gasteiger partial charge on any atom is -0.494 e. The lowest BCUT2D eigenvalue weighted by Crippen LogP contribution is -2.26. The Labute approximate surface area is 115 Å². The molecule has 0 heterocycles. The van der Waals surface area contributed by atoms with E-state index in [0.717, 1.165) is 30.9 Å². The normalized spacial score (nSPS) is 12.7. The number of methoxy groups -OCH3 is 1. The van der Waals surface area contributed by atoms with Gasteiger partial charge in [-0.05, 0) is 38.1 Å². The minimum absolute atomic E-state index is 0.469. The average Bonchev–Trinajstić information content (AvgIpc) is 2.40.